The molecular formula is C12H13N2NaO9S. The van der Waals surface area contributed by atoms with Crippen LogP contribution in [0.15, 0.2) is 0 Å². The Balaban J connectivity index is 0.00000312. The second kappa shape index (κ2) is 8.36. The normalized spacial score (nSPS) is 20.9. The fourth-order valence-electron chi connectivity index (χ4n) is 2.31. The first-order valence-electron chi connectivity index (χ1n) is 6.96. The number of amides is 4. The van der Waals surface area contributed by atoms with Crippen LogP contribution < -0.4 is 29.6 Å². The molecule has 11 nitrogen and oxygen atoms in total. The van der Waals surface area contributed by atoms with Crippen LogP contribution in [-0.2, 0) is 38.9 Å². The summed E-state index contributed by atoms with van der Waals surface area (Å²) in [6.07, 6.45) is -0.913. The van der Waals surface area contributed by atoms with Gasteiger partial charge < -0.3 is 9.39 Å². The summed E-state index contributed by atoms with van der Waals surface area (Å²) in [5.41, 5.74) is 0. The van der Waals surface area contributed by atoms with Crippen LogP contribution in [0.25, 0.3) is 0 Å². The van der Waals surface area contributed by atoms with Gasteiger partial charge in [-0.15, -0.1) is 5.06 Å². The van der Waals surface area contributed by atoms with E-state index in [0.717, 1.165) is 4.90 Å². The number of rotatable bonds is 6. The van der Waals surface area contributed by atoms with Gasteiger partial charge in [-0.25, -0.2) is 13.2 Å². The first kappa shape index (κ1) is 21.7. The fraction of sp³-hybridized carbons (Fsp3) is 0.583. The standard InChI is InChI=1S/C12H14N2O9S.Na/c15-8-3-4-9(16)13(8)5-1-2-11(18)23-14-10(17)6-7(12(14)19)24(20,21)22;/h7H,1-6H2,(H,20,21,22);/q;+1/p-1. The average Bonchev–Trinajstić information content (AvgIpc) is 2.94. The first-order valence-corrected chi connectivity index (χ1v) is 8.44. The molecule has 2 heterocycles. The van der Waals surface area contributed by atoms with Crippen LogP contribution in [0.1, 0.15) is 32.1 Å². The maximum Gasteiger partial charge on any atom is 1.00 e. The number of likely N-dealkylation sites (tertiary alicyclic amines) is 1. The fourth-order valence-corrected chi connectivity index (χ4v) is 2.99. The van der Waals surface area contributed by atoms with Crippen molar-refractivity contribution >= 4 is 39.7 Å². The summed E-state index contributed by atoms with van der Waals surface area (Å²) in [5.74, 6) is -4.24. The molecule has 132 valence electrons. The number of hydrogen-bond donors (Lipinski definition) is 0. The Morgan fingerprint density at radius 2 is 1.68 bits per heavy atom. The molecule has 25 heavy (non-hydrogen) atoms. The zero-order valence-corrected chi connectivity index (χ0v) is 16.1. The van der Waals surface area contributed by atoms with E-state index in [-0.39, 0.29) is 78.7 Å². The molecule has 0 aliphatic carbocycles. The largest absolute Gasteiger partial charge is 1.00 e. The van der Waals surface area contributed by atoms with Gasteiger partial charge in [0, 0.05) is 25.8 Å². The van der Waals surface area contributed by atoms with Crippen LogP contribution in [0.2, 0.25) is 0 Å². The molecule has 0 spiro atoms. The Labute approximate surface area is 164 Å². The van der Waals surface area contributed by atoms with Crippen molar-refractivity contribution in [1.82, 2.24) is 9.96 Å². The number of carbonyl (C=O) groups excluding carboxylic acids is 5. The van der Waals surface area contributed by atoms with Crippen molar-refractivity contribution in [2.24, 2.45) is 0 Å². The molecule has 0 radical (unpaired) electrons. The van der Waals surface area contributed by atoms with Gasteiger partial charge in [-0.1, -0.05) is 0 Å². The maximum absolute atomic E-state index is 11.6. The number of nitrogens with zero attached hydrogens (tertiary/aromatic N) is 2. The van der Waals surface area contributed by atoms with Crippen molar-refractivity contribution in [3.05, 3.63) is 0 Å². The second-order valence-corrected chi connectivity index (χ2v) is 6.77. The van der Waals surface area contributed by atoms with Crippen molar-refractivity contribution in [2.75, 3.05) is 6.54 Å². The van der Waals surface area contributed by atoms with Crippen LogP contribution in [0.4, 0.5) is 0 Å². The number of imide groups is 2. The minimum atomic E-state index is -5.03. The van der Waals surface area contributed by atoms with Crippen molar-refractivity contribution in [3.63, 3.8) is 0 Å². The summed E-state index contributed by atoms with van der Waals surface area (Å²) in [6, 6.07) is 0. The molecule has 1 atom stereocenters. The molecule has 0 aromatic rings. The van der Waals surface area contributed by atoms with Crippen LogP contribution >= 0.6 is 0 Å². The van der Waals surface area contributed by atoms with E-state index in [4.69, 9.17) is 0 Å². The molecule has 2 aliphatic rings. The number of carbonyl (C=O) groups is 5. The zero-order chi connectivity index (χ0) is 18.1. The molecule has 0 N–H and O–H groups in total. The maximum atomic E-state index is 11.6. The molecule has 0 aromatic heterocycles. The number of hydroxylamine groups is 2. The number of hydrogen-bond acceptors (Lipinski definition) is 9. The molecule has 2 rings (SSSR count). The van der Waals surface area contributed by atoms with Gasteiger partial charge in [0.05, 0.1) is 6.42 Å². The minimum Gasteiger partial charge on any atom is -0.747 e. The van der Waals surface area contributed by atoms with E-state index < -0.39 is 39.6 Å². The molecule has 13 heteroatoms. The van der Waals surface area contributed by atoms with Gasteiger partial charge in [0.25, 0.3) is 11.8 Å². The van der Waals surface area contributed by atoms with Gasteiger partial charge in [-0.2, -0.15) is 0 Å². The Kier molecular flexibility index (Phi) is 7.26. The Bertz CT molecular complexity index is 704. The molecule has 0 aromatic carbocycles. The third kappa shape index (κ3) is 5.07. The zero-order valence-electron chi connectivity index (χ0n) is 13.3. The molecule has 1 unspecified atom stereocenters. The van der Waals surface area contributed by atoms with E-state index in [1.54, 1.807) is 0 Å². The van der Waals surface area contributed by atoms with E-state index in [1.807, 2.05) is 0 Å². The van der Waals surface area contributed by atoms with Gasteiger partial charge >= 0.3 is 35.5 Å². The van der Waals surface area contributed by atoms with Gasteiger partial charge in [0.1, 0.15) is 15.4 Å². The van der Waals surface area contributed by atoms with E-state index in [0.29, 0.717) is 0 Å². The third-order valence-electron chi connectivity index (χ3n) is 3.52. The van der Waals surface area contributed by atoms with Crippen LogP contribution in [-0.4, -0.2) is 64.3 Å². The average molecular weight is 384 g/mol. The first-order chi connectivity index (χ1) is 11.1. The minimum absolute atomic E-state index is 0. The molecule has 2 aliphatic heterocycles. The summed E-state index contributed by atoms with van der Waals surface area (Å²) in [5, 5.41) is -2.13. The topological polar surface area (TPSA) is 158 Å². The van der Waals surface area contributed by atoms with Crippen molar-refractivity contribution in [1.29, 1.82) is 0 Å². The molecule has 4 amide bonds. The predicted octanol–water partition coefficient (Wildman–Crippen LogP) is -4.95. The summed E-state index contributed by atoms with van der Waals surface area (Å²) >= 11 is 0. The quantitative estimate of drug-likeness (QED) is 0.248. The van der Waals surface area contributed by atoms with Crippen molar-refractivity contribution < 1.29 is 71.3 Å². The van der Waals surface area contributed by atoms with Gasteiger partial charge in [-0.3, -0.25) is 24.1 Å². The van der Waals surface area contributed by atoms with Gasteiger partial charge in [0.15, 0.2) is 0 Å². The van der Waals surface area contributed by atoms with E-state index in [1.165, 1.54) is 0 Å². The van der Waals surface area contributed by atoms with E-state index in [9.17, 15) is 36.9 Å². The molecule has 0 saturated carbocycles. The van der Waals surface area contributed by atoms with Crippen molar-refractivity contribution in [3.8, 4) is 0 Å². The molecule has 2 saturated heterocycles. The smallest absolute Gasteiger partial charge is 0.747 e. The van der Waals surface area contributed by atoms with Crippen LogP contribution in [0.5, 0.6) is 0 Å². The second-order valence-electron chi connectivity index (χ2n) is 5.22. The monoisotopic (exact) mass is 384 g/mol. The SMILES string of the molecule is O=C(CCCN1C(=O)CCC1=O)ON1C(=O)CC(S(=O)(=O)[O-])C1=O.[Na+]. The Morgan fingerprint density at radius 1 is 1.12 bits per heavy atom. The third-order valence-corrected chi connectivity index (χ3v) is 4.59. The van der Waals surface area contributed by atoms with Gasteiger partial charge in [-0.05, 0) is 6.42 Å². The predicted molar refractivity (Wildman–Crippen MR) is 71.2 cm³/mol. The van der Waals surface area contributed by atoms with Crippen molar-refractivity contribution in [2.45, 2.75) is 37.4 Å². The summed E-state index contributed by atoms with van der Waals surface area (Å²) in [7, 11) is -5.03. The van der Waals surface area contributed by atoms with Crippen LogP contribution in [0, 0.1) is 0 Å². The van der Waals surface area contributed by atoms with Gasteiger partial charge in [0.2, 0.25) is 11.8 Å². The summed E-state index contributed by atoms with van der Waals surface area (Å²) in [6.45, 7) is -0.00771. The van der Waals surface area contributed by atoms with Crippen LogP contribution in [0.3, 0.4) is 0 Å². The summed E-state index contributed by atoms with van der Waals surface area (Å²) < 4.78 is 32.5. The Hall–Kier alpha value is -1.34. The summed E-state index contributed by atoms with van der Waals surface area (Å²) in [4.78, 5) is 62.9. The van der Waals surface area contributed by atoms with E-state index in [2.05, 4.69) is 4.84 Å². The molecule has 0 bridgehead atoms. The van der Waals surface area contributed by atoms with E-state index >= 15 is 0 Å². The molecular weight excluding hydrogens is 371 g/mol. The Morgan fingerprint density at radius 3 is 2.16 bits per heavy atom. The molecule has 2 fully saturated rings.